The summed E-state index contributed by atoms with van der Waals surface area (Å²) in [6, 6.07) is 3.06. The molecule has 0 saturated heterocycles. The minimum Gasteiger partial charge on any atom is -0.502 e. The van der Waals surface area contributed by atoms with Crippen LogP contribution >= 0.6 is 0 Å². The highest BCUT2D eigenvalue weighted by Crippen LogP contribution is 2.41. The molecule has 0 saturated carbocycles. The molecular formula is C11H7N7O5. The van der Waals surface area contributed by atoms with Crippen molar-refractivity contribution in [1.29, 1.82) is 5.26 Å². The maximum Gasteiger partial charge on any atom is 0.318 e. The van der Waals surface area contributed by atoms with E-state index in [4.69, 9.17) is 16.7 Å². The lowest BCUT2D eigenvalue weighted by Crippen LogP contribution is -2.05. The number of nitriles is 1. The van der Waals surface area contributed by atoms with Gasteiger partial charge in [-0.1, -0.05) is 0 Å². The van der Waals surface area contributed by atoms with Gasteiger partial charge in [-0.25, -0.2) is 4.98 Å². The summed E-state index contributed by atoms with van der Waals surface area (Å²) in [5.74, 6) is -1.61. The van der Waals surface area contributed by atoms with Crippen molar-refractivity contribution >= 4 is 23.1 Å². The average Bonchev–Trinajstić information content (AvgIpc) is 2.46. The Morgan fingerprint density at radius 2 is 1.83 bits per heavy atom. The second kappa shape index (κ2) is 5.41. The summed E-state index contributed by atoms with van der Waals surface area (Å²) in [6.07, 6.45) is 0. The van der Waals surface area contributed by atoms with E-state index in [1.165, 1.54) is 0 Å². The predicted molar refractivity (Wildman–Crippen MR) is 76.0 cm³/mol. The number of aromatic nitrogens is 2. The van der Waals surface area contributed by atoms with E-state index in [0.717, 1.165) is 6.07 Å². The fourth-order valence-electron chi connectivity index (χ4n) is 1.83. The van der Waals surface area contributed by atoms with Crippen LogP contribution in [-0.2, 0) is 0 Å². The second-order valence-electron chi connectivity index (χ2n) is 4.18. The molecule has 116 valence electrons. The Morgan fingerprint density at radius 1 is 1.17 bits per heavy atom. The number of nitrogens with zero attached hydrogens (tertiary/aromatic N) is 5. The third-order valence-electron chi connectivity index (χ3n) is 2.80. The molecule has 1 heterocycles. The number of phenols is 1. The van der Waals surface area contributed by atoms with Gasteiger partial charge in [-0.3, -0.25) is 20.2 Å². The van der Waals surface area contributed by atoms with Crippen LogP contribution in [0.3, 0.4) is 0 Å². The van der Waals surface area contributed by atoms with E-state index in [9.17, 15) is 25.3 Å². The summed E-state index contributed by atoms with van der Waals surface area (Å²) in [7, 11) is 0. The molecule has 12 nitrogen and oxygen atoms in total. The summed E-state index contributed by atoms with van der Waals surface area (Å²) in [6.45, 7) is 0. The Bertz CT molecular complexity index is 889. The molecule has 0 bridgehead atoms. The monoisotopic (exact) mass is 317 g/mol. The SMILES string of the molecule is N#Cc1c(N)nc(N)nc1-c1cc([N+](=O)[O-])cc([N+](=O)[O-])c1O. The van der Waals surface area contributed by atoms with Crippen LogP contribution in [0.2, 0.25) is 0 Å². The van der Waals surface area contributed by atoms with Crippen molar-refractivity contribution < 1.29 is 15.0 Å². The van der Waals surface area contributed by atoms with E-state index in [1.54, 1.807) is 6.07 Å². The molecule has 12 heteroatoms. The zero-order valence-corrected chi connectivity index (χ0v) is 11.1. The van der Waals surface area contributed by atoms with Gasteiger partial charge >= 0.3 is 5.69 Å². The molecule has 1 aromatic heterocycles. The number of nitro groups is 2. The third-order valence-corrected chi connectivity index (χ3v) is 2.80. The number of nitrogen functional groups attached to an aromatic ring is 2. The zero-order valence-electron chi connectivity index (χ0n) is 11.1. The number of phenolic OH excluding ortho intramolecular Hbond substituents is 1. The van der Waals surface area contributed by atoms with Gasteiger partial charge < -0.3 is 16.6 Å². The molecule has 1 aromatic carbocycles. The highest BCUT2D eigenvalue weighted by Gasteiger charge is 2.27. The lowest BCUT2D eigenvalue weighted by atomic mass is 10.0. The van der Waals surface area contributed by atoms with E-state index < -0.39 is 32.5 Å². The lowest BCUT2D eigenvalue weighted by molar-refractivity contribution is -0.394. The molecule has 23 heavy (non-hydrogen) atoms. The van der Waals surface area contributed by atoms with Gasteiger partial charge in [-0.15, -0.1) is 0 Å². The van der Waals surface area contributed by atoms with Gasteiger partial charge in [0.25, 0.3) is 5.69 Å². The van der Waals surface area contributed by atoms with E-state index in [2.05, 4.69) is 9.97 Å². The first-order valence-electron chi connectivity index (χ1n) is 5.75. The fourth-order valence-corrected chi connectivity index (χ4v) is 1.83. The first-order valence-corrected chi connectivity index (χ1v) is 5.75. The molecule has 2 aromatic rings. The molecule has 5 N–H and O–H groups in total. The number of anilines is 2. The average molecular weight is 317 g/mol. The summed E-state index contributed by atoms with van der Waals surface area (Å²) < 4.78 is 0. The number of non-ortho nitro benzene ring substituents is 1. The lowest BCUT2D eigenvalue weighted by Gasteiger charge is -2.08. The van der Waals surface area contributed by atoms with Crippen molar-refractivity contribution in [2.45, 2.75) is 0 Å². The molecule has 0 aliphatic heterocycles. The van der Waals surface area contributed by atoms with Crippen molar-refractivity contribution in [3.63, 3.8) is 0 Å². The molecule has 2 rings (SSSR count). The second-order valence-corrected chi connectivity index (χ2v) is 4.18. The first-order chi connectivity index (χ1) is 10.8. The molecule has 0 unspecified atom stereocenters. The quantitative estimate of drug-likeness (QED) is 0.532. The summed E-state index contributed by atoms with van der Waals surface area (Å²) in [5.41, 5.74) is 8.22. The zero-order chi connectivity index (χ0) is 17.3. The number of nitro benzene ring substituents is 2. The van der Waals surface area contributed by atoms with Gasteiger partial charge in [-0.05, 0) is 0 Å². The highest BCUT2D eigenvalue weighted by atomic mass is 16.6. The largest absolute Gasteiger partial charge is 0.502 e. The molecule has 0 aliphatic carbocycles. The van der Waals surface area contributed by atoms with Crippen molar-refractivity contribution in [3.05, 3.63) is 37.9 Å². The van der Waals surface area contributed by atoms with Crippen molar-refractivity contribution in [2.75, 3.05) is 11.5 Å². The molecular weight excluding hydrogens is 310 g/mol. The Labute approximate surface area is 126 Å². The maximum absolute atomic E-state index is 10.9. The van der Waals surface area contributed by atoms with Crippen molar-refractivity contribution in [3.8, 4) is 23.1 Å². The number of nitrogens with two attached hydrogens (primary N) is 2. The van der Waals surface area contributed by atoms with Crippen LogP contribution in [0.1, 0.15) is 5.56 Å². The Balaban J connectivity index is 2.91. The summed E-state index contributed by atoms with van der Waals surface area (Å²) in [4.78, 5) is 27.2. The fraction of sp³-hybridized carbons (Fsp3) is 0. The van der Waals surface area contributed by atoms with Crippen LogP contribution in [-0.4, -0.2) is 24.9 Å². The van der Waals surface area contributed by atoms with Crippen molar-refractivity contribution in [1.82, 2.24) is 9.97 Å². The van der Waals surface area contributed by atoms with Gasteiger partial charge in [-0.2, -0.15) is 10.2 Å². The van der Waals surface area contributed by atoms with Crippen LogP contribution in [0, 0.1) is 31.6 Å². The molecule has 0 aliphatic rings. The topological polar surface area (TPSA) is 208 Å². The standard InChI is InChI=1S/C11H7N7O5/c12-3-6-8(15-11(14)16-10(6)13)5-1-4(17(20)21)2-7(9(5)19)18(22)23/h1-2,19H,(H4,13,14,15,16). The number of rotatable bonds is 3. The van der Waals surface area contributed by atoms with E-state index in [1.807, 2.05) is 0 Å². The Hall–Kier alpha value is -4.01. The maximum atomic E-state index is 10.9. The van der Waals surface area contributed by atoms with Crippen LogP contribution in [0.15, 0.2) is 12.1 Å². The number of aromatic hydroxyl groups is 1. The summed E-state index contributed by atoms with van der Waals surface area (Å²) >= 11 is 0. The van der Waals surface area contributed by atoms with Gasteiger partial charge in [0.1, 0.15) is 23.1 Å². The smallest absolute Gasteiger partial charge is 0.318 e. The van der Waals surface area contributed by atoms with Gasteiger partial charge in [0.2, 0.25) is 11.7 Å². The minimum absolute atomic E-state index is 0.329. The molecule has 0 spiro atoms. The van der Waals surface area contributed by atoms with E-state index in [-0.39, 0.29) is 23.0 Å². The first kappa shape index (κ1) is 15.4. The Morgan fingerprint density at radius 3 is 2.35 bits per heavy atom. The molecule has 0 fully saturated rings. The van der Waals surface area contributed by atoms with Crippen LogP contribution < -0.4 is 11.5 Å². The third kappa shape index (κ3) is 2.61. The molecule has 0 amide bonds. The normalized spacial score (nSPS) is 10.0. The number of benzene rings is 1. The number of hydrogen-bond donors (Lipinski definition) is 3. The van der Waals surface area contributed by atoms with Crippen LogP contribution in [0.25, 0.3) is 11.3 Å². The van der Waals surface area contributed by atoms with E-state index >= 15 is 0 Å². The highest BCUT2D eigenvalue weighted by molar-refractivity contribution is 5.81. The van der Waals surface area contributed by atoms with Gasteiger partial charge in [0.15, 0.2) is 0 Å². The summed E-state index contributed by atoms with van der Waals surface area (Å²) in [5, 5.41) is 41.0. The van der Waals surface area contributed by atoms with Crippen molar-refractivity contribution in [2.24, 2.45) is 0 Å². The van der Waals surface area contributed by atoms with E-state index in [0.29, 0.717) is 6.07 Å². The molecule has 0 radical (unpaired) electrons. The van der Waals surface area contributed by atoms with Crippen LogP contribution in [0.5, 0.6) is 5.75 Å². The Kier molecular flexibility index (Phi) is 3.62. The van der Waals surface area contributed by atoms with Gasteiger partial charge in [0, 0.05) is 6.07 Å². The minimum atomic E-state index is -1.01. The number of hydrogen-bond acceptors (Lipinski definition) is 10. The predicted octanol–water partition coefficient (Wildman–Crippen LogP) is 0.702. The molecule has 0 atom stereocenters. The van der Waals surface area contributed by atoms with Crippen LogP contribution in [0.4, 0.5) is 23.1 Å². The van der Waals surface area contributed by atoms with Gasteiger partial charge in [0.05, 0.1) is 21.5 Å².